The molecule has 15 heavy (non-hydrogen) atoms. The van der Waals surface area contributed by atoms with Crippen molar-refractivity contribution >= 4 is 0 Å². The highest BCUT2D eigenvalue weighted by molar-refractivity contribution is 4.96. The van der Waals surface area contributed by atoms with Crippen LogP contribution in [0.3, 0.4) is 0 Å². The van der Waals surface area contributed by atoms with E-state index in [1.165, 1.54) is 26.2 Å². The summed E-state index contributed by atoms with van der Waals surface area (Å²) in [5.74, 6) is 1.87. The molecule has 2 heteroatoms. The maximum Gasteiger partial charge on any atom is 0.0125 e. The second kappa shape index (κ2) is 3.74. The predicted octanol–water partition coefficient (Wildman–Crippen LogP) is 2.06. The van der Waals surface area contributed by atoms with Crippen molar-refractivity contribution in [2.75, 3.05) is 26.2 Å². The van der Waals surface area contributed by atoms with Gasteiger partial charge in [0.1, 0.15) is 0 Å². The predicted molar refractivity (Wildman–Crippen MR) is 65.0 cm³/mol. The Labute approximate surface area is 94.6 Å². The van der Waals surface area contributed by atoms with E-state index in [0.717, 1.165) is 17.9 Å². The average molecular weight is 210 g/mol. The van der Waals surface area contributed by atoms with Crippen LogP contribution in [0.1, 0.15) is 34.6 Å². The molecule has 0 aliphatic carbocycles. The third-order valence-corrected chi connectivity index (χ3v) is 4.19. The molecular formula is C13H26N2. The van der Waals surface area contributed by atoms with Crippen molar-refractivity contribution in [3.63, 3.8) is 0 Å². The van der Waals surface area contributed by atoms with Crippen LogP contribution in [0.5, 0.6) is 0 Å². The van der Waals surface area contributed by atoms with Crippen LogP contribution in [-0.2, 0) is 0 Å². The number of fused-ring (bicyclic) bond motifs is 1. The van der Waals surface area contributed by atoms with Gasteiger partial charge >= 0.3 is 0 Å². The number of rotatable bonds is 1. The van der Waals surface area contributed by atoms with Crippen LogP contribution in [0.25, 0.3) is 0 Å². The molecule has 0 amide bonds. The minimum atomic E-state index is 0.368. The number of nitrogens with zero attached hydrogens (tertiary/aromatic N) is 2. The van der Waals surface area contributed by atoms with E-state index in [4.69, 9.17) is 0 Å². The molecule has 2 fully saturated rings. The van der Waals surface area contributed by atoms with Crippen molar-refractivity contribution < 1.29 is 0 Å². The number of hydrogen-bond acceptors (Lipinski definition) is 2. The normalized spacial score (nSPS) is 34.0. The van der Waals surface area contributed by atoms with Gasteiger partial charge in [-0.15, -0.1) is 0 Å². The van der Waals surface area contributed by atoms with E-state index in [0.29, 0.717) is 5.54 Å². The van der Waals surface area contributed by atoms with Crippen LogP contribution < -0.4 is 0 Å². The first-order chi connectivity index (χ1) is 6.88. The Balaban J connectivity index is 1.94. The van der Waals surface area contributed by atoms with Crippen molar-refractivity contribution in [1.82, 2.24) is 9.80 Å². The van der Waals surface area contributed by atoms with E-state index in [9.17, 15) is 0 Å². The van der Waals surface area contributed by atoms with Gasteiger partial charge in [-0.05, 0) is 46.5 Å². The van der Waals surface area contributed by atoms with Crippen molar-refractivity contribution in [2.45, 2.75) is 46.2 Å². The molecule has 0 bridgehead atoms. The molecule has 2 atom stereocenters. The molecule has 2 aliphatic rings. The summed E-state index contributed by atoms with van der Waals surface area (Å²) in [6.07, 6.45) is 0. The molecule has 0 aromatic heterocycles. The van der Waals surface area contributed by atoms with Gasteiger partial charge in [-0.25, -0.2) is 0 Å². The second-order valence-electron chi connectivity index (χ2n) is 6.64. The van der Waals surface area contributed by atoms with Gasteiger partial charge in [0.05, 0.1) is 0 Å². The average Bonchev–Trinajstić information content (AvgIpc) is 2.55. The summed E-state index contributed by atoms with van der Waals surface area (Å²) in [5.41, 5.74) is 0.368. The zero-order chi connectivity index (χ0) is 11.2. The highest BCUT2D eigenvalue weighted by Gasteiger charge is 2.43. The maximum absolute atomic E-state index is 2.67. The minimum absolute atomic E-state index is 0.368. The summed E-state index contributed by atoms with van der Waals surface area (Å²) in [6.45, 7) is 17.0. The zero-order valence-electron chi connectivity index (χ0n) is 11.0. The molecule has 2 saturated heterocycles. The third kappa shape index (κ3) is 2.21. The molecule has 2 heterocycles. The summed E-state index contributed by atoms with van der Waals surface area (Å²) in [4.78, 5) is 5.31. The SMILES string of the molecule is CC(C)N1CC2CN(C(C)(C)C)CC2C1. The van der Waals surface area contributed by atoms with Gasteiger partial charge in [0.2, 0.25) is 0 Å². The van der Waals surface area contributed by atoms with Crippen LogP contribution in [-0.4, -0.2) is 47.6 Å². The lowest BCUT2D eigenvalue weighted by Gasteiger charge is -2.33. The number of likely N-dealkylation sites (tertiary alicyclic amines) is 2. The van der Waals surface area contributed by atoms with Crippen molar-refractivity contribution in [1.29, 1.82) is 0 Å². The van der Waals surface area contributed by atoms with Gasteiger partial charge in [0.15, 0.2) is 0 Å². The van der Waals surface area contributed by atoms with Gasteiger partial charge in [0.25, 0.3) is 0 Å². The molecule has 88 valence electrons. The summed E-state index contributed by atoms with van der Waals surface area (Å²) in [7, 11) is 0. The zero-order valence-corrected chi connectivity index (χ0v) is 11.0. The summed E-state index contributed by atoms with van der Waals surface area (Å²) >= 11 is 0. The Bertz CT molecular complexity index is 215. The fourth-order valence-electron chi connectivity index (χ4n) is 3.00. The molecule has 0 aromatic carbocycles. The Morgan fingerprint density at radius 2 is 1.40 bits per heavy atom. The fourth-order valence-corrected chi connectivity index (χ4v) is 3.00. The van der Waals surface area contributed by atoms with Crippen LogP contribution in [0.15, 0.2) is 0 Å². The molecule has 2 unspecified atom stereocenters. The molecule has 0 spiro atoms. The molecule has 0 aromatic rings. The van der Waals surface area contributed by atoms with E-state index in [2.05, 4.69) is 44.4 Å². The van der Waals surface area contributed by atoms with Crippen LogP contribution in [0.2, 0.25) is 0 Å². The topological polar surface area (TPSA) is 6.48 Å². The fraction of sp³-hybridized carbons (Fsp3) is 1.00. The molecular weight excluding hydrogens is 184 g/mol. The first-order valence-corrected chi connectivity index (χ1v) is 6.37. The van der Waals surface area contributed by atoms with Crippen LogP contribution in [0.4, 0.5) is 0 Å². The largest absolute Gasteiger partial charge is 0.300 e. The first-order valence-electron chi connectivity index (χ1n) is 6.37. The van der Waals surface area contributed by atoms with E-state index < -0.39 is 0 Å². The lowest BCUT2D eigenvalue weighted by molar-refractivity contribution is 0.143. The van der Waals surface area contributed by atoms with Crippen molar-refractivity contribution in [3.05, 3.63) is 0 Å². The van der Waals surface area contributed by atoms with Gasteiger partial charge in [-0.1, -0.05) is 0 Å². The van der Waals surface area contributed by atoms with Gasteiger partial charge in [-0.2, -0.15) is 0 Å². The third-order valence-electron chi connectivity index (χ3n) is 4.19. The molecule has 0 N–H and O–H groups in total. The highest BCUT2D eigenvalue weighted by Crippen LogP contribution is 2.35. The minimum Gasteiger partial charge on any atom is -0.300 e. The highest BCUT2D eigenvalue weighted by atomic mass is 15.3. The Kier molecular flexibility index (Phi) is 2.85. The lowest BCUT2D eigenvalue weighted by atomic mass is 10.0. The number of hydrogen-bond donors (Lipinski definition) is 0. The molecule has 2 nitrogen and oxygen atoms in total. The Morgan fingerprint density at radius 1 is 0.933 bits per heavy atom. The van der Waals surface area contributed by atoms with Gasteiger partial charge in [-0.3, -0.25) is 4.90 Å². The monoisotopic (exact) mass is 210 g/mol. The quantitative estimate of drug-likeness (QED) is 0.653. The van der Waals surface area contributed by atoms with E-state index >= 15 is 0 Å². The Morgan fingerprint density at radius 3 is 1.73 bits per heavy atom. The second-order valence-corrected chi connectivity index (χ2v) is 6.64. The molecule has 0 saturated carbocycles. The standard InChI is InChI=1S/C13H26N2/c1-10(2)14-6-11-8-15(13(3,4)5)9-12(11)7-14/h10-12H,6-9H2,1-5H3. The summed E-state index contributed by atoms with van der Waals surface area (Å²) in [5, 5.41) is 0. The lowest BCUT2D eigenvalue weighted by Crippen LogP contribution is -2.42. The van der Waals surface area contributed by atoms with Gasteiger partial charge in [0, 0.05) is 37.8 Å². The molecule has 0 radical (unpaired) electrons. The maximum atomic E-state index is 2.67. The van der Waals surface area contributed by atoms with Gasteiger partial charge < -0.3 is 4.90 Å². The van der Waals surface area contributed by atoms with Crippen LogP contribution >= 0.6 is 0 Å². The molecule has 2 aliphatic heterocycles. The summed E-state index contributed by atoms with van der Waals surface area (Å²) in [6, 6.07) is 0.735. The van der Waals surface area contributed by atoms with E-state index in [1.807, 2.05) is 0 Å². The smallest absolute Gasteiger partial charge is 0.0125 e. The molecule has 2 rings (SSSR count). The van der Waals surface area contributed by atoms with Crippen molar-refractivity contribution in [2.24, 2.45) is 11.8 Å². The van der Waals surface area contributed by atoms with E-state index in [-0.39, 0.29) is 0 Å². The summed E-state index contributed by atoms with van der Waals surface area (Å²) < 4.78 is 0. The van der Waals surface area contributed by atoms with Crippen molar-refractivity contribution in [3.8, 4) is 0 Å². The van der Waals surface area contributed by atoms with Crippen LogP contribution in [0, 0.1) is 11.8 Å². The first kappa shape index (κ1) is 11.4. The Hall–Kier alpha value is -0.0800. The van der Waals surface area contributed by atoms with E-state index in [1.54, 1.807) is 0 Å².